The highest BCUT2D eigenvalue weighted by Gasteiger charge is 2.66. The minimum atomic E-state index is -0.741. The lowest BCUT2D eigenvalue weighted by Crippen LogP contribution is -2.41. The van der Waals surface area contributed by atoms with Crippen molar-refractivity contribution < 1.29 is 4.79 Å². The average Bonchev–Trinajstić information content (AvgIpc) is 2.67. The number of carbonyl (C=O) groups excluding carboxylic acids is 1. The van der Waals surface area contributed by atoms with Crippen molar-refractivity contribution in [3.8, 4) is 6.07 Å². The molecule has 3 heteroatoms. The third-order valence-corrected chi connectivity index (χ3v) is 5.40. The van der Waals surface area contributed by atoms with Crippen LogP contribution in [0.4, 0.5) is 0 Å². The molecule has 2 rings (SSSR count). The third-order valence-electron chi connectivity index (χ3n) is 5.40. The molecule has 2 aliphatic carbocycles. The van der Waals surface area contributed by atoms with Crippen molar-refractivity contribution >= 4 is 5.91 Å². The normalized spacial score (nSPS) is 28.4. The van der Waals surface area contributed by atoms with Gasteiger partial charge in [0.1, 0.15) is 5.41 Å². The summed E-state index contributed by atoms with van der Waals surface area (Å²) in [7, 11) is 0. The van der Waals surface area contributed by atoms with Gasteiger partial charge < -0.3 is 5.32 Å². The van der Waals surface area contributed by atoms with Gasteiger partial charge in [-0.3, -0.25) is 4.79 Å². The predicted molar refractivity (Wildman–Crippen MR) is 66.0 cm³/mol. The Kier molecular flexibility index (Phi) is 2.54. The second-order valence-corrected chi connectivity index (χ2v) is 6.75. The van der Waals surface area contributed by atoms with E-state index in [1.807, 2.05) is 0 Å². The molecule has 0 atom stereocenters. The molecule has 1 amide bonds. The summed E-state index contributed by atoms with van der Waals surface area (Å²) in [5.74, 6) is -0.0406. The summed E-state index contributed by atoms with van der Waals surface area (Å²) in [6.45, 7) is 8.69. The minimum Gasteiger partial charge on any atom is -0.351 e. The first-order chi connectivity index (χ1) is 7.78. The summed E-state index contributed by atoms with van der Waals surface area (Å²) in [5.41, 5.74) is -0.468. The molecule has 94 valence electrons. The summed E-state index contributed by atoms with van der Waals surface area (Å²) in [4.78, 5) is 12.3. The van der Waals surface area contributed by atoms with Gasteiger partial charge in [-0.15, -0.1) is 0 Å². The molecule has 0 bridgehead atoms. The quantitative estimate of drug-likeness (QED) is 0.798. The number of amides is 1. The molecule has 17 heavy (non-hydrogen) atoms. The number of nitrogens with one attached hydrogen (secondary N) is 1. The summed E-state index contributed by atoms with van der Waals surface area (Å²) < 4.78 is 0. The Morgan fingerprint density at radius 1 is 1.18 bits per heavy atom. The first kappa shape index (κ1) is 12.4. The molecule has 0 saturated heterocycles. The molecule has 0 aromatic carbocycles. The van der Waals surface area contributed by atoms with Crippen LogP contribution in [0.15, 0.2) is 0 Å². The van der Waals surface area contributed by atoms with E-state index in [9.17, 15) is 10.1 Å². The number of rotatable bonds is 2. The van der Waals surface area contributed by atoms with E-state index in [-0.39, 0.29) is 22.8 Å². The van der Waals surface area contributed by atoms with E-state index in [1.165, 1.54) is 0 Å². The molecule has 0 spiro atoms. The van der Waals surface area contributed by atoms with Gasteiger partial charge >= 0.3 is 0 Å². The van der Waals surface area contributed by atoms with Gasteiger partial charge in [-0.1, -0.05) is 40.5 Å². The van der Waals surface area contributed by atoms with Crippen molar-refractivity contribution in [1.29, 1.82) is 5.26 Å². The first-order valence-corrected chi connectivity index (χ1v) is 6.50. The van der Waals surface area contributed by atoms with Crippen molar-refractivity contribution in [2.24, 2.45) is 16.2 Å². The highest BCUT2D eigenvalue weighted by Crippen LogP contribution is 2.62. The van der Waals surface area contributed by atoms with Crippen LogP contribution >= 0.6 is 0 Å². The van der Waals surface area contributed by atoms with Crippen LogP contribution in [-0.2, 0) is 4.79 Å². The smallest absolute Gasteiger partial charge is 0.240 e. The maximum atomic E-state index is 12.3. The fourth-order valence-corrected chi connectivity index (χ4v) is 3.19. The van der Waals surface area contributed by atoms with Gasteiger partial charge in [-0.25, -0.2) is 0 Å². The summed E-state index contributed by atoms with van der Waals surface area (Å²) in [5, 5.41) is 12.4. The number of carbonyl (C=O) groups is 1. The Labute approximate surface area is 104 Å². The monoisotopic (exact) mass is 234 g/mol. The fourth-order valence-electron chi connectivity index (χ4n) is 3.19. The van der Waals surface area contributed by atoms with Crippen LogP contribution in [0.5, 0.6) is 0 Å². The van der Waals surface area contributed by atoms with E-state index in [1.54, 1.807) is 0 Å². The van der Waals surface area contributed by atoms with Crippen LogP contribution in [0.1, 0.15) is 53.4 Å². The van der Waals surface area contributed by atoms with Crippen molar-refractivity contribution in [2.75, 3.05) is 0 Å². The third kappa shape index (κ3) is 1.57. The Morgan fingerprint density at radius 2 is 1.65 bits per heavy atom. The van der Waals surface area contributed by atoms with Gasteiger partial charge in [0.15, 0.2) is 0 Å². The maximum Gasteiger partial charge on any atom is 0.240 e. The van der Waals surface area contributed by atoms with E-state index >= 15 is 0 Å². The van der Waals surface area contributed by atoms with Crippen LogP contribution in [0.25, 0.3) is 0 Å². The molecule has 3 nitrogen and oxygen atoms in total. The molecule has 1 N–H and O–H groups in total. The molecule has 0 unspecified atom stereocenters. The molecule has 0 aromatic heterocycles. The molecule has 2 fully saturated rings. The molecule has 2 aliphatic rings. The molecule has 0 radical (unpaired) electrons. The van der Waals surface area contributed by atoms with Gasteiger partial charge in [0, 0.05) is 6.04 Å². The van der Waals surface area contributed by atoms with Crippen molar-refractivity contribution in [3.63, 3.8) is 0 Å². The SMILES string of the molecule is CC1(C)C(NC(=O)C2(C#N)CCCC2)C1(C)C. The zero-order valence-electron chi connectivity index (χ0n) is 11.3. The Balaban J connectivity index is 2.07. The van der Waals surface area contributed by atoms with Crippen LogP contribution in [-0.4, -0.2) is 11.9 Å². The minimum absolute atomic E-state index is 0.0406. The second-order valence-electron chi connectivity index (χ2n) is 6.75. The summed E-state index contributed by atoms with van der Waals surface area (Å²) >= 11 is 0. The lowest BCUT2D eigenvalue weighted by molar-refractivity contribution is -0.128. The van der Waals surface area contributed by atoms with Gasteiger partial charge in [0.2, 0.25) is 5.91 Å². The van der Waals surface area contributed by atoms with Crippen LogP contribution in [0, 0.1) is 27.6 Å². The maximum absolute atomic E-state index is 12.3. The standard InChI is InChI=1S/C14H22N2O/c1-12(2)10(13(12,3)4)16-11(17)14(9-15)7-5-6-8-14/h10H,5-8H2,1-4H3,(H,16,17). The van der Waals surface area contributed by atoms with Gasteiger partial charge in [-0.2, -0.15) is 5.26 Å². The molecule has 2 saturated carbocycles. The Morgan fingerprint density at radius 3 is 2.00 bits per heavy atom. The van der Waals surface area contributed by atoms with Crippen LogP contribution in [0.3, 0.4) is 0 Å². The highest BCUT2D eigenvalue weighted by molar-refractivity contribution is 5.86. The zero-order chi connectivity index (χ0) is 12.9. The molecule has 0 aliphatic heterocycles. The zero-order valence-corrected chi connectivity index (χ0v) is 11.3. The second kappa shape index (κ2) is 3.48. The van der Waals surface area contributed by atoms with E-state index in [4.69, 9.17) is 0 Å². The highest BCUT2D eigenvalue weighted by atomic mass is 16.2. The van der Waals surface area contributed by atoms with Gasteiger partial charge in [0.05, 0.1) is 6.07 Å². The average molecular weight is 234 g/mol. The van der Waals surface area contributed by atoms with Crippen molar-refractivity contribution in [3.05, 3.63) is 0 Å². The molecular weight excluding hydrogens is 212 g/mol. The van der Waals surface area contributed by atoms with Crippen LogP contribution in [0.2, 0.25) is 0 Å². The van der Waals surface area contributed by atoms with Crippen molar-refractivity contribution in [1.82, 2.24) is 5.32 Å². The predicted octanol–water partition coefficient (Wildman–Crippen LogP) is 2.62. The topological polar surface area (TPSA) is 52.9 Å². The van der Waals surface area contributed by atoms with E-state index in [2.05, 4.69) is 39.1 Å². The molecule has 0 aromatic rings. The van der Waals surface area contributed by atoms with E-state index in [0.29, 0.717) is 0 Å². The summed E-state index contributed by atoms with van der Waals surface area (Å²) in [6.07, 6.45) is 3.45. The van der Waals surface area contributed by atoms with Crippen LogP contribution < -0.4 is 5.32 Å². The van der Waals surface area contributed by atoms with Gasteiger partial charge in [-0.05, 0) is 23.7 Å². The summed E-state index contributed by atoms with van der Waals surface area (Å²) in [6, 6.07) is 2.46. The number of nitrogens with zero attached hydrogens (tertiary/aromatic N) is 1. The Bertz CT molecular complexity index is 370. The van der Waals surface area contributed by atoms with E-state index in [0.717, 1.165) is 25.7 Å². The number of hydrogen-bond acceptors (Lipinski definition) is 2. The first-order valence-electron chi connectivity index (χ1n) is 6.50. The van der Waals surface area contributed by atoms with Gasteiger partial charge in [0.25, 0.3) is 0 Å². The van der Waals surface area contributed by atoms with E-state index < -0.39 is 5.41 Å². The molecular formula is C14H22N2O. The Hall–Kier alpha value is -1.04. The molecule has 0 heterocycles. The number of nitriles is 1. The fraction of sp³-hybridized carbons (Fsp3) is 0.857. The lowest BCUT2D eigenvalue weighted by atomic mass is 9.87. The number of hydrogen-bond donors (Lipinski definition) is 1. The largest absolute Gasteiger partial charge is 0.351 e. The lowest BCUT2D eigenvalue weighted by Gasteiger charge is -2.20. The van der Waals surface area contributed by atoms with Crippen molar-refractivity contribution in [2.45, 2.75) is 59.4 Å².